The number of fused-ring (bicyclic) bond motifs is 1. The summed E-state index contributed by atoms with van der Waals surface area (Å²) in [6.45, 7) is 4.70. The predicted molar refractivity (Wildman–Crippen MR) is 156 cm³/mol. The van der Waals surface area contributed by atoms with E-state index >= 15 is 0 Å². The summed E-state index contributed by atoms with van der Waals surface area (Å²) in [7, 11) is 3.86. The second-order valence-electron chi connectivity index (χ2n) is 9.29. The molecular formula is C28H28Cl3N5O2. The monoisotopic (exact) mass is 571 g/mol. The van der Waals surface area contributed by atoms with Crippen LogP contribution in [0.4, 0.5) is 10.5 Å². The van der Waals surface area contributed by atoms with E-state index in [0.717, 1.165) is 5.56 Å². The van der Waals surface area contributed by atoms with E-state index in [1.807, 2.05) is 38.9 Å². The SMILES string of the molecule is Cc1cc(Cl)ccc1-n1c(C(C)N(CCN(C)C)C(=O)Nc2ccc(Cl)cc2Cl)nc2ccccc2c1=O. The van der Waals surface area contributed by atoms with Crippen LogP contribution < -0.4 is 10.9 Å². The minimum atomic E-state index is -0.589. The van der Waals surface area contributed by atoms with Crippen LogP contribution in [0, 0.1) is 6.92 Å². The maximum atomic E-state index is 13.9. The lowest BCUT2D eigenvalue weighted by Gasteiger charge is -2.32. The fraction of sp³-hybridized carbons (Fsp3) is 0.250. The summed E-state index contributed by atoms with van der Waals surface area (Å²) in [5, 5.41) is 4.72. The number of para-hydroxylation sites is 1. The lowest BCUT2D eigenvalue weighted by Crippen LogP contribution is -2.43. The number of carbonyl (C=O) groups excluding carboxylic acids is 1. The zero-order chi connectivity index (χ0) is 27.6. The number of hydrogen-bond donors (Lipinski definition) is 1. The van der Waals surface area contributed by atoms with Gasteiger partial charge in [0.25, 0.3) is 5.56 Å². The summed E-state index contributed by atoms with van der Waals surface area (Å²) in [6, 6.07) is 16.4. The number of likely N-dealkylation sites (N-methyl/N-ethyl adjacent to an activating group) is 1. The number of nitrogens with one attached hydrogen (secondary N) is 1. The van der Waals surface area contributed by atoms with Crippen molar-refractivity contribution in [3.63, 3.8) is 0 Å². The van der Waals surface area contributed by atoms with E-state index in [4.69, 9.17) is 39.8 Å². The number of nitrogens with zero attached hydrogens (tertiary/aromatic N) is 4. The summed E-state index contributed by atoms with van der Waals surface area (Å²) >= 11 is 18.6. The first-order chi connectivity index (χ1) is 18.1. The summed E-state index contributed by atoms with van der Waals surface area (Å²) in [6.07, 6.45) is 0. The Morgan fingerprint density at radius 2 is 1.68 bits per heavy atom. The number of anilines is 1. The van der Waals surface area contributed by atoms with Crippen LogP contribution in [-0.4, -0.2) is 52.6 Å². The molecule has 1 N–H and O–H groups in total. The smallest absolute Gasteiger partial charge is 0.313 e. The quantitative estimate of drug-likeness (QED) is 0.264. The van der Waals surface area contributed by atoms with Gasteiger partial charge in [-0.05, 0) is 82.0 Å². The van der Waals surface area contributed by atoms with Crippen LogP contribution in [0.15, 0.2) is 65.5 Å². The van der Waals surface area contributed by atoms with E-state index in [1.54, 1.807) is 64.1 Å². The van der Waals surface area contributed by atoms with Crippen molar-refractivity contribution in [3.05, 3.63) is 97.5 Å². The summed E-state index contributed by atoms with van der Waals surface area (Å²) < 4.78 is 1.57. The van der Waals surface area contributed by atoms with Crippen LogP contribution in [0.2, 0.25) is 15.1 Å². The lowest BCUT2D eigenvalue weighted by molar-refractivity contribution is 0.181. The van der Waals surface area contributed by atoms with Gasteiger partial charge < -0.3 is 15.1 Å². The van der Waals surface area contributed by atoms with E-state index in [-0.39, 0.29) is 11.6 Å². The molecule has 0 aliphatic carbocycles. The normalized spacial score (nSPS) is 12.1. The summed E-state index contributed by atoms with van der Waals surface area (Å²) in [4.78, 5) is 36.0. The average molecular weight is 573 g/mol. The van der Waals surface area contributed by atoms with Crippen LogP contribution in [-0.2, 0) is 0 Å². The van der Waals surface area contributed by atoms with Crippen LogP contribution in [0.3, 0.4) is 0 Å². The van der Waals surface area contributed by atoms with Crippen LogP contribution in [0.1, 0.15) is 24.4 Å². The Bertz CT molecular complexity index is 1550. The Morgan fingerprint density at radius 3 is 2.37 bits per heavy atom. The highest BCUT2D eigenvalue weighted by Gasteiger charge is 2.28. The Labute approximate surface area is 236 Å². The minimum Gasteiger partial charge on any atom is -0.313 e. The number of amides is 2. The second-order valence-corrected chi connectivity index (χ2v) is 10.6. The molecule has 0 saturated heterocycles. The van der Waals surface area contributed by atoms with E-state index in [0.29, 0.717) is 56.3 Å². The second kappa shape index (κ2) is 11.7. The Hall–Kier alpha value is -3.10. The highest BCUT2D eigenvalue weighted by Crippen LogP contribution is 2.29. The van der Waals surface area contributed by atoms with E-state index < -0.39 is 6.04 Å². The van der Waals surface area contributed by atoms with Gasteiger partial charge in [0.1, 0.15) is 5.82 Å². The van der Waals surface area contributed by atoms with Gasteiger partial charge in [-0.25, -0.2) is 9.78 Å². The first-order valence-corrected chi connectivity index (χ1v) is 13.2. The molecule has 0 radical (unpaired) electrons. The molecule has 1 atom stereocenters. The van der Waals surface area contributed by atoms with Gasteiger partial charge in [0.15, 0.2) is 0 Å². The number of carbonyl (C=O) groups is 1. The van der Waals surface area contributed by atoms with Gasteiger partial charge in [0.05, 0.1) is 33.3 Å². The van der Waals surface area contributed by atoms with Gasteiger partial charge in [0, 0.05) is 23.1 Å². The molecule has 4 aromatic rings. The van der Waals surface area contributed by atoms with E-state index in [2.05, 4.69) is 5.32 Å². The molecule has 2 amide bonds. The Balaban J connectivity index is 1.86. The van der Waals surface area contributed by atoms with Gasteiger partial charge in [-0.1, -0.05) is 46.9 Å². The number of halogens is 3. The number of rotatable bonds is 7. The van der Waals surface area contributed by atoms with Crippen molar-refractivity contribution >= 4 is 57.4 Å². The van der Waals surface area contributed by atoms with Crippen molar-refractivity contribution in [1.82, 2.24) is 19.4 Å². The third kappa shape index (κ3) is 5.97. The minimum absolute atomic E-state index is 0.225. The first kappa shape index (κ1) is 27.9. The average Bonchev–Trinajstić information content (AvgIpc) is 2.86. The topological polar surface area (TPSA) is 70.5 Å². The molecule has 0 saturated carbocycles. The zero-order valence-corrected chi connectivity index (χ0v) is 23.8. The van der Waals surface area contributed by atoms with Gasteiger partial charge in [0.2, 0.25) is 0 Å². The molecular weight excluding hydrogens is 545 g/mol. The largest absolute Gasteiger partial charge is 0.322 e. The molecule has 0 bridgehead atoms. The number of aryl methyl sites for hydroxylation is 1. The molecule has 38 heavy (non-hydrogen) atoms. The van der Waals surface area contributed by atoms with Crippen LogP contribution >= 0.6 is 34.8 Å². The van der Waals surface area contributed by atoms with Crippen molar-refractivity contribution in [2.75, 3.05) is 32.5 Å². The molecule has 1 unspecified atom stereocenters. The molecule has 3 aromatic carbocycles. The summed E-state index contributed by atoms with van der Waals surface area (Å²) in [5.41, 5.74) is 2.21. The molecule has 0 aliphatic heterocycles. The third-order valence-electron chi connectivity index (χ3n) is 6.26. The Kier molecular flexibility index (Phi) is 8.63. The Morgan fingerprint density at radius 1 is 1.00 bits per heavy atom. The fourth-order valence-corrected chi connectivity index (χ4v) is 4.91. The maximum Gasteiger partial charge on any atom is 0.322 e. The molecule has 4 rings (SSSR count). The van der Waals surface area contributed by atoms with E-state index in [1.165, 1.54) is 0 Å². The van der Waals surface area contributed by atoms with Gasteiger partial charge in [-0.15, -0.1) is 0 Å². The highest BCUT2D eigenvalue weighted by atomic mass is 35.5. The summed E-state index contributed by atoms with van der Waals surface area (Å²) in [5.74, 6) is 0.426. The number of aromatic nitrogens is 2. The standard InChI is InChI=1S/C28H28Cl3N5O2/c1-17-15-19(29)10-12-25(17)36-26(32-23-8-6-5-7-21(23)27(36)37)18(2)35(14-13-34(3)4)28(38)33-24-11-9-20(30)16-22(24)31/h5-12,15-16,18H,13-14H2,1-4H3,(H,33,38). The molecule has 0 fully saturated rings. The van der Waals surface area contributed by atoms with Gasteiger partial charge in [-0.2, -0.15) is 0 Å². The molecule has 7 nitrogen and oxygen atoms in total. The van der Waals surface area contributed by atoms with Gasteiger partial charge in [-0.3, -0.25) is 9.36 Å². The maximum absolute atomic E-state index is 13.9. The van der Waals surface area contributed by atoms with Crippen molar-refractivity contribution in [2.45, 2.75) is 19.9 Å². The van der Waals surface area contributed by atoms with Gasteiger partial charge >= 0.3 is 6.03 Å². The molecule has 0 aliphatic rings. The van der Waals surface area contributed by atoms with E-state index in [9.17, 15) is 9.59 Å². The highest BCUT2D eigenvalue weighted by molar-refractivity contribution is 6.36. The predicted octanol–water partition coefficient (Wildman–Crippen LogP) is 6.81. The first-order valence-electron chi connectivity index (χ1n) is 12.0. The number of urea groups is 1. The van der Waals surface area contributed by atoms with Crippen LogP contribution in [0.25, 0.3) is 16.6 Å². The third-order valence-corrected chi connectivity index (χ3v) is 7.05. The molecule has 10 heteroatoms. The number of hydrogen-bond acceptors (Lipinski definition) is 4. The molecule has 1 heterocycles. The molecule has 0 spiro atoms. The van der Waals surface area contributed by atoms with Crippen molar-refractivity contribution < 1.29 is 4.79 Å². The molecule has 198 valence electrons. The zero-order valence-electron chi connectivity index (χ0n) is 21.5. The lowest BCUT2D eigenvalue weighted by atomic mass is 10.1. The number of benzene rings is 3. The van der Waals surface area contributed by atoms with Crippen LogP contribution in [0.5, 0.6) is 0 Å². The van der Waals surface area contributed by atoms with Crippen molar-refractivity contribution in [2.24, 2.45) is 0 Å². The fourth-order valence-electron chi connectivity index (χ4n) is 4.23. The molecule has 1 aromatic heterocycles. The van der Waals surface area contributed by atoms with Crippen molar-refractivity contribution in [3.8, 4) is 5.69 Å². The van der Waals surface area contributed by atoms with Crippen molar-refractivity contribution in [1.29, 1.82) is 0 Å².